The topological polar surface area (TPSA) is 168 Å². The highest BCUT2D eigenvalue weighted by Gasteiger charge is 2.61. The van der Waals surface area contributed by atoms with Gasteiger partial charge < -0.3 is 43.8 Å². The second-order valence-corrected chi connectivity index (χ2v) is 12.5. The second-order valence-electron chi connectivity index (χ2n) is 12.1. The van der Waals surface area contributed by atoms with Crippen molar-refractivity contribution < 1.29 is 52.3 Å². The number of benzene rings is 3. The molecule has 1 unspecified atom stereocenters. The number of aliphatic hydroxyl groups is 1. The first kappa shape index (κ1) is 35.3. The van der Waals surface area contributed by atoms with E-state index in [0.717, 1.165) is 0 Å². The van der Waals surface area contributed by atoms with E-state index in [1.807, 2.05) is 0 Å². The maximum atomic E-state index is 14.4. The number of aromatic amines is 1. The number of hydrogen-bond acceptors (Lipinski definition) is 11. The number of ketones is 2. The molecular formula is C36H35ClFN3O10. The number of rotatable bonds is 11. The van der Waals surface area contributed by atoms with Gasteiger partial charge in [-0.05, 0) is 35.9 Å². The molecule has 0 saturated carbocycles. The first-order chi connectivity index (χ1) is 24.4. The van der Waals surface area contributed by atoms with Gasteiger partial charge in [0.1, 0.15) is 33.7 Å². The number of Topliss-reactive ketones (excluding diaryl/α,β-unsaturated/α-hetero) is 2. The van der Waals surface area contributed by atoms with Crippen LogP contribution in [-0.2, 0) is 16.1 Å². The quantitative estimate of drug-likeness (QED) is 0.176. The summed E-state index contributed by atoms with van der Waals surface area (Å²) in [6.45, 7) is 1.54. The summed E-state index contributed by atoms with van der Waals surface area (Å²) in [5.41, 5.74) is -1.04. The molecule has 51 heavy (non-hydrogen) atoms. The Hall–Kier alpha value is -5.50. The molecular weight excluding hydrogens is 689 g/mol. The Morgan fingerprint density at radius 1 is 1.04 bits per heavy atom. The van der Waals surface area contributed by atoms with Crippen molar-refractivity contribution in [3.05, 3.63) is 75.5 Å². The lowest BCUT2D eigenvalue weighted by Gasteiger charge is -2.38. The van der Waals surface area contributed by atoms with Crippen LogP contribution in [0.4, 0.5) is 4.39 Å². The maximum absolute atomic E-state index is 14.4. The molecule has 2 aliphatic rings. The van der Waals surface area contributed by atoms with Crippen molar-refractivity contribution in [3.8, 4) is 34.5 Å². The van der Waals surface area contributed by atoms with Gasteiger partial charge in [-0.25, -0.2) is 9.37 Å². The lowest BCUT2D eigenvalue weighted by atomic mass is 9.69. The van der Waals surface area contributed by atoms with Crippen LogP contribution in [0.3, 0.4) is 0 Å². The van der Waals surface area contributed by atoms with Crippen molar-refractivity contribution in [2.24, 2.45) is 5.92 Å². The van der Waals surface area contributed by atoms with E-state index in [1.165, 1.54) is 59.8 Å². The molecule has 4 aromatic rings. The average Bonchev–Trinajstić information content (AvgIpc) is 3.67. The number of aliphatic hydroxyl groups excluding tert-OH is 1. The number of ether oxygens (including phenoxy) is 6. The lowest BCUT2D eigenvalue weighted by Crippen LogP contribution is -2.53. The molecule has 0 fully saturated rings. The van der Waals surface area contributed by atoms with E-state index in [4.69, 9.17) is 40.0 Å². The molecule has 2 heterocycles. The number of carbonyl (C=O) groups excluding carboxylic acids is 3. The Labute approximate surface area is 296 Å². The van der Waals surface area contributed by atoms with Gasteiger partial charge in [-0.3, -0.25) is 14.4 Å². The van der Waals surface area contributed by atoms with Crippen LogP contribution >= 0.6 is 11.6 Å². The molecule has 1 aliphatic carbocycles. The van der Waals surface area contributed by atoms with Crippen LogP contribution < -0.4 is 33.7 Å². The smallest absolute Gasteiger partial charge is 0.231 e. The number of fused-ring (bicyclic) bond motifs is 2. The molecule has 1 spiro atoms. The molecule has 1 aliphatic heterocycles. The summed E-state index contributed by atoms with van der Waals surface area (Å²) in [6, 6.07) is 8.63. The fraction of sp³-hybridized carbons (Fsp3) is 0.333. The predicted octanol–water partition coefficient (Wildman–Crippen LogP) is 5.62. The number of aromatic nitrogens is 2. The molecule has 1 aromatic heterocycles. The second kappa shape index (κ2) is 13.7. The fourth-order valence-electron chi connectivity index (χ4n) is 6.79. The van der Waals surface area contributed by atoms with Crippen molar-refractivity contribution in [2.75, 3.05) is 35.5 Å². The highest BCUT2D eigenvalue weighted by Crippen LogP contribution is 2.56. The number of H-pyrrole nitrogens is 1. The van der Waals surface area contributed by atoms with Gasteiger partial charge in [-0.2, -0.15) is 0 Å². The number of nitrogens with zero attached hydrogens (tertiary/aromatic N) is 1. The molecule has 13 nitrogen and oxygen atoms in total. The Kier molecular flexibility index (Phi) is 9.47. The molecule has 3 atom stereocenters. The van der Waals surface area contributed by atoms with E-state index < -0.39 is 46.5 Å². The first-order valence-electron chi connectivity index (χ1n) is 15.8. The van der Waals surface area contributed by atoms with Crippen LogP contribution in [0.5, 0.6) is 34.5 Å². The minimum atomic E-state index is -2.09. The summed E-state index contributed by atoms with van der Waals surface area (Å²) in [4.78, 5) is 49.5. The van der Waals surface area contributed by atoms with Crippen LogP contribution in [0.2, 0.25) is 5.02 Å². The standard InChI is InChI=1S/C36H35ClFN3O10/c1-16-9-22(42)29(34(44)36(16)35(45)30-23(46-2)14-24(47-3)31(37)33(30)51-36)19(17-10-25(48-4)32(50-6)26(11-17)49-5)13-28(43)39-15-27-40-20-8-7-18(38)12-21(20)41-27/h7-8,10-12,14,16,19,44H,9,13,15H2,1-6H3,(H,39,43)(H,40,41)/t16-,19?,36+/m1/s1. The Morgan fingerprint density at radius 2 is 1.71 bits per heavy atom. The minimum Gasteiger partial charge on any atom is -0.507 e. The molecule has 0 bridgehead atoms. The van der Waals surface area contributed by atoms with E-state index in [0.29, 0.717) is 22.4 Å². The third-order valence-corrected chi connectivity index (χ3v) is 9.64. The van der Waals surface area contributed by atoms with E-state index in [1.54, 1.807) is 19.1 Å². The number of nitrogens with one attached hydrogen (secondary N) is 2. The van der Waals surface area contributed by atoms with Gasteiger partial charge in [0, 0.05) is 36.3 Å². The van der Waals surface area contributed by atoms with Gasteiger partial charge in [0.2, 0.25) is 23.0 Å². The van der Waals surface area contributed by atoms with Gasteiger partial charge >= 0.3 is 0 Å². The molecule has 0 saturated heterocycles. The zero-order valence-corrected chi connectivity index (χ0v) is 29.3. The van der Waals surface area contributed by atoms with E-state index in [-0.39, 0.29) is 70.0 Å². The number of halogens is 2. The summed E-state index contributed by atoms with van der Waals surface area (Å²) in [5, 5.41) is 15.0. The predicted molar refractivity (Wildman–Crippen MR) is 182 cm³/mol. The van der Waals surface area contributed by atoms with Gasteiger partial charge in [0.15, 0.2) is 28.8 Å². The molecule has 1 amide bonds. The van der Waals surface area contributed by atoms with E-state index in [2.05, 4.69) is 15.3 Å². The highest BCUT2D eigenvalue weighted by atomic mass is 35.5. The zero-order valence-electron chi connectivity index (χ0n) is 28.6. The van der Waals surface area contributed by atoms with Crippen LogP contribution in [0.15, 0.2) is 47.7 Å². The van der Waals surface area contributed by atoms with Crippen LogP contribution in [0, 0.1) is 11.7 Å². The third kappa shape index (κ3) is 5.82. The summed E-state index contributed by atoms with van der Waals surface area (Å²) in [7, 11) is 7.00. The number of amides is 1. The van der Waals surface area contributed by atoms with Crippen LogP contribution in [-0.4, -0.2) is 73.7 Å². The van der Waals surface area contributed by atoms with E-state index >= 15 is 0 Å². The molecule has 15 heteroatoms. The van der Waals surface area contributed by atoms with Crippen molar-refractivity contribution in [2.45, 2.75) is 37.8 Å². The van der Waals surface area contributed by atoms with Gasteiger partial charge in [0.25, 0.3) is 0 Å². The zero-order chi connectivity index (χ0) is 36.8. The molecule has 0 radical (unpaired) electrons. The largest absolute Gasteiger partial charge is 0.507 e. The third-order valence-electron chi connectivity index (χ3n) is 9.28. The van der Waals surface area contributed by atoms with Crippen LogP contribution in [0.1, 0.15) is 47.4 Å². The summed E-state index contributed by atoms with van der Waals surface area (Å²) >= 11 is 6.61. The van der Waals surface area contributed by atoms with E-state index in [9.17, 15) is 23.9 Å². The van der Waals surface area contributed by atoms with Crippen molar-refractivity contribution in [1.82, 2.24) is 15.3 Å². The Bertz CT molecular complexity index is 2090. The number of allylic oxidation sites excluding steroid dienone is 1. The molecule has 268 valence electrons. The number of hydrogen-bond donors (Lipinski definition) is 3. The van der Waals surface area contributed by atoms with Gasteiger partial charge in [0.05, 0.1) is 53.1 Å². The van der Waals surface area contributed by atoms with Crippen molar-refractivity contribution >= 4 is 40.1 Å². The average molecular weight is 724 g/mol. The molecule has 3 N–H and O–H groups in total. The van der Waals surface area contributed by atoms with Crippen molar-refractivity contribution in [3.63, 3.8) is 0 Å². The van der Waals surface area contributed by atoms with Crippen molar-refractivity contribution in [1.29, 1.82) is 0 Å². The Morgan fingerprint density at radius 3 is 2.33 bits per heavy atom. The molecule has 3 aromatic carbocycles. The number of carbonyl (C=O) groups is 3. The number of imidazole rings is 1. The monoisotopic (exact) mass is 723 g/mol. The minimum absolute atomic E-state index is 0.0224. The maximum Gasteiger partial charge on any atom is 0.231 e. The van der Waals surface area contributed by atoms with Gasteiger partial charge in [-0.15, -0.1) is 0 Å². The normalized spacial score (nSPS) is 18.8. The SMILES string of the molecule is COc1cc(OC)c2c(c1Cl)O[C@]1(C2=O)C(O)=C(C(CC(=O)NCc2nc3ccc(F)cc3[nH]2)c2cc(OC)c(OC)c(OC)c2)C(=O)C[C@H]1C. The highest BCUT2D eigenvalue weighted by molar-refractivity contribution is 6.35. The molecule has 6 rings (SSSR count). The first-order valence-corrected chi connectivity index (χ1v) is 16.2. The summed E-state index contributed by atoms with van der Waals surface area (Å²) < 4.78 is 47.5. The lowest BCUT2D eigenvalue weighted by molar-refractivity contribution is -0.122. The van der Waals surface area contributed by atoms with Gasteiger partial charge in [-0.1, -0.05) is 18.5 Å². The summed E-state index contributed by atoms with van der Waals surface area (Å²) in [6.07, 6.45) is -0.615. The number of methoxy groups -OCH3 is 5. The Balaban J connectivity index is 1.46. The summed E-state index contributed by atoms with van der Waals surface area (Å²) in [5.74, 6) is -3.62. The fourth-order valence-corrected chi connectivity index (χ4v) is 7.05. The van der Waals surface area contributed by atoms with Crippen LogP contribution in [0.25, 0.3) is 11.0 Å².